The van der Waals surface area contributed by atoms with Crippen LogP contribution in [0.5, 0.6) is 0 Å². The first-order valence-electron chi connectivity index (χ1n) is 14.1. The second-order valence-electron chi connectivity index (χ2n) is 10.8. The molecule has 0 bridgehead atoms. The lowest BCUT2D eigenvalue weighted by molar-refractivity contribution is 0.253. The molecule has 0 atom stereocenters. The Hall–Kier alpha value is -2.05. The Bertz CT molecular complexity index is 976. The van der Waals surface area contributed by atoms with Gasteiger partial charge in [-0.15, -0.1) is 0 Å². The fourth-order valence-electron chi connectivity index (χ4n) is 5.69. The minimum atomic E-state index is 0.794. The van der Waals surface area contributed by atoms with Gasteiger partial charge in [-0.1, -0.05) is 124 Å². The maximum atomic E-state index is 6.02. The molecule has 3 aromatic rings. The normalized spacial score (nSPS) is 18.0. The van der Waals surface area contributed by atoms with E-state index in [9.17, 15) is 0 Å². The molecule has 0 spiro atoms. The Labute approximate surface area is 219 Å². The van der Waals surface area contributed by atoms with Gasteiger partial charge in [-0.3, -0.25) is 0 Å². The molecule has 35 heavy (non-hydrogen) atoms. The van der Waals surface area contributed by atoms with Gasteiger partial charge in [0, 0.05) is 5.02 Å². The molecule has 0 nitrogen and oxygen atoms in total. The minimum Gasteiger partial charge on any atom is -0.0843 e. The Balaban J connectivity index is 1.13. The topological polar surface area (TPSA) is 0 Å². The molecule has 186 valence electrons. The first-order chi connectivity index (χ1) is 17.2. The van der Waals surface area contributed by atoms with Crippen molar-refractivity contribution in [3.63, 3.8) is 0 Å². The van der Waals surface area contributed by atoms with Gasteiger partial charge in [0.25, 0.3) is 0 Å². The maximum Gasteiger partial charge on any atom is 0.0406 e. The molecule has 1 aliphatic carbocycles. The van der Waals surface area contributed by atoms with Crippen molar-refractivity contribution >= 4 is 11.6 Å². The van der Waals surface area contributed by atoms with Gasteiger partial charge in [0.15, 0.2) is 0 Å². The minimum absolute atomic E-state index is 0.794. The lowest BCUT2D eigenvalue weighted by Gasteiger charge is -2.28. The van der Waals surface area contributed by atoms with Gasteiger partial charge in [0.05, 0.1) is 0 Å². The van der Waals surface area contributed by atoms with Crippen molar-refractivity contribution in [3.8, 4) is 11.1 Å². The maximum absolute atomic E-state index is 6.02. The lowest BCUT2D eigenvalue weighted by Crippen LogP contribution is -2.15. The number of halogens is 1. The van der Waals surface area contributed by atoms with Gasteiger partial charge in [0.2, 0.25) is 0 Å². The van der Waals surface area contributed by atoms with Crippen molar-refractivity contribution in [1.29, 1.82) is 0 Å². The van der Waals surface area contributed by atoms with Gasteiger partial charge in [0.1, 0.15) is 0 Å². The van der Waals surface area contributed by atoms with Gasteiger partial charge in [-0.2, -0.15) is 0 Å². The Morgan fingerprint density at radius 2 is 0.971 bits per heavy atom. The van der Waals surface area contributed by atoms with E-state index in [0.717, 1.165) is 16.9 Å². The van der Waals surface area contributed by atoms with Crippen molar-refractivity contribution in [3.05, 3.63) is 94.5 Å². The van der Waals surface area contributed by atoms with Crippen LogP contribution in [0.2, 0.25) is 5.02 Å². The van der Waals surface area contributed by atoms with Crippen LogP contribution in [-0.4, -0.2) is 0 Å². The van der Waals surface area contributed by atoms with E-state index in [2.05, 4.69) is 67.6 Å². The zero-order chi connectivity index (χ0) is 24.3. The Morgan fingerprint density at radius 1 is 0.543 bits per heavy atom. The van der Waals surface area contributed by atoms with Gasteiger partial charge in [-0.05, 0) is 90.3 Å². The van der Waals surface area contributed by atoms with E-state index >= 15 is 0 Å². The SMILES string of the molecule is CCCCCCc1ccc(CCC2CCC(CCc3ccc(-c4ccc(Cl)cc4)cc3)CC2)cc1. The van der Waals surface area contributed by atoms with Crippen molar-refractivity contribution in [2.75, 3.05) is 0 Å². The number of hydrogen-bond acceptors (Lipinski definition) is 0. The molecule has 0 radical (unpaired) electrons. The molecule has 0 unspecified atom stereocenters. The van der Waals surface area contributed by atoms with Crippen molar-refractivity contribution in [2.24, 2.45) is 11.8 Å². The smallest absolute Gasteiger partial charge is 0.0406 e. The van der Waals surface area contributed by atoms with Crippen LogP contribution in [0.1, 0.15) is 87.8 Å². The summed E-state index contributed by atoms with van der Waals surface area (Å²) in [6.07, 6.45) is 17.5. The summed E-state index contributed by atoms with van der Waals surface area (Å²) < 4.78 is 0. The average molecular weight is 487 g/mol. The highest BCUT2D eigenvalue weighted by Crippen LogP contribution is 2.34. The summed E-state index contributed by atoms with van der Waals surface area (Å²) in [4.78, 5) is 0. The zero-order valence-electron chi connectivity index (χ0n) is 21.7. The molecule has 1 aliphatic rings. The molecular weight excluding hydrogens is 444 g/mol. The van der Waals surface area contributed by atoms with E-state index in [1.54, 1.807) is 0 Å². The Kier molecular flexibility index (Phi) is 10.3. The van der Waals surface area contributed by atoms with Gasteiger partial charge >= 0.3 is 0 Å². The summed E-state index contributed by atoms with van der Waals surface area (Å²) in [6.45, 7) is 2.28. The summed E-state index contributed by atoms with van der Waals surface area (Å²) in [5.41, 5.74) is 7.03. The van der Waals surface area contributed by atoms with Crippen LogP contribution in [0, 0.1) is 11.8 Å². The third-order valence-electron chi connectivity index (χ3n) is 8.12. The first kappa shape index (κ1) is 26.0. The monoisotopic (exact) mass is 486 g/mol. The van der Waals surface area contributed by atoms with E-state index in [4.69, 9.17) is 11.6 Å². The summed E-state index contributed by atoms with van der Waals surface area (Å²) >= 11 is 6.02. The van der Waals surface area contributed by atoms with Gasteiger partial charge < -0.3 is 0 Å². The fraction of sp³-hybridized carbons (Fsp3) is 0.471. The van der Waals surface area contributed by atoms with Gasteiger partial charge in [-0.25, -0.2) is 0 Å². The highest BCUT2D eigenvalue weighted by Gasteiger charge is 2.21. The van der Waals surface area contributed by atoms with Crippen molar-refractivity contribution < 1.29 is 0 Å². The standard InChI is InChI=1S/C34H43Cl/c1-2-3-4-5-6-27-7-9-28(10-8-27)11-12-29-13-15-30(16-14-29)17-18-31-19-21-32(22-20-31)33-23-25-34(35)26-24-33/h7-10,19-26,29-30H,2-6,11-18H2,1H3. The number of unbranched alkanes of at least 4 members (excludes halogenated alkanes) is 3. The predicted molar refractivity (Wildman–Crippen MR) is 153 cm³/mol. The number of hydrogen-bond donors (Lipinski definition) is 0. The molecule has 1 heteroatoms. The highest BCUT2D eigenvalue weighted by atomic mass is 35.5. The van der Waals surface area contributed by atoms with Crippen molar-refractivity contribution in [2.45, 2.75) is 90.4 Å². The molecule has 0 aromatic heterocycles. The van der Waals surface area contributed by atoms with E-state index in [-0.39, 0.29) is 0 Å². The first-order valence-corrected chi connectivity index (χ1v) is 14.5. The second kappa shape index (κ2) is 13.9. The number of benzene rings is 3. The van der Waals surface area contributed by atoms with E-state index in [1.807, 2.05) is 12.1 Å². The van der Waals surface area contributed by atoms with Crippen LogP contribution in [0.15, 0.2) is 72.8 Å². The summed E-state index contributed by atoms with van der Waals surface area (Å²) in [5, 5.41) is 0.794. The average Bonchev–Trinajstić information content (AvgIpc) is 2.91. The molecule has 0 aliphatic heterocycles. The molecule has 4 rings (SSSR count). The lowest BCUT2D eigenvalue weighted by atomic mass is 9.77. The molecule has 3 aromatic carbocycles. The second-order valence-corrected chi connectivity index (χ2v) is 11.2. The molecular formula is C34H43Cl. The fourth-order valence-corrected chi connectivity index (χ4v) is 5.81. The Morgan fingerprint density at radius 3 is 1.46 bits per heavy atom. The predicted octanol–water partition coefficient (Wildman–Crippen LogP) is 10.5. The summed E-state index contributed by atoms with van der Waals surface area (Å²) in [7, 11) is 0. The molecule has 1 fully saturated rings. The summed E-state index contributed by atoms with van der Waals surface area (Å²) in [6, 6.07) is 26.8. The van der Waals surface area contributed by atoms with E-state index in [0.29, 0.717) is 0 Å². The molecule has 1 saturated carbocycles. The molecule has 0 saturated heterocycles. The van der Waals surface area contributed by atoms with Crippen LogP contribution in [0.25, 0.3) is 11.1 Å². The van der Waals surface area contributed by atoms with E-state index < -0.39 is 0 Å². The molecule has 0 N–H and O–H groups in total. The summed E-state index contributed by atoms with van der Waals surface area (Å²) in [5.74, 6) is 1.84. The number of rotatable bonds is 12. The largest absolute Gasteiger partial charge is 0.0843 e. The zero-order valence-corrected chi connectivity index (χ0v) is 22.4. The number of aryl methyl sites for hydroxylation is 3. The van der Waals surface area contributed by atoms with Crippen LogP contribution >= 0.6 is 11.6 Å². The van der Waals surface area contributed by atoms with Crippen LogP contribution in [0.4, 0.5) is 0 Å². The van der Waals surface area contributed by atoms with Crippen LogP contribution in [0.3, 0.4) is 0 Å². The molecule has 0 heterocycles. The van der Waals surface area contributed by atoms with Crippen LogP contribution in [-0.2, 0) is 19.3 Å². The molecule has 0 amide bonds. The van der Waals surface area contributed by atoms with E-state index in [1.165, 1.54) is 111 Å². The highest BCUT2D eigenvalue weighted by molar-refractivity contribution is 6.30. The van der Waals surface area contributed by atoms with Crippen molar-refractivity contribution in [1.82, 2.24) is 0 Å². The third kappa shape index (κ3) is 8.53. The quantitative estimate of drug-likeness (QED) is 0.223. The third-order valence-corrected chi connectivity index (χ3v) is 8.37. The van der Waals surface area contributed by atoms with Crippen LogP contribution < -0.4 is 0 Å².